The van der Waals surface area contributed by atoms with Crippen LogP contribution in [0.1, 0.15) is 10.4 Å². The van der Waals surface area contributed by atoms with E-state index < -0.39 is 16.0 Å². The minimum atomic E-state index is -3.73. The summed E-state index contributed by atoms with van der Waals surface area (Å²) in [5.41, 5.74) is -0.184. The average Bonchev–Trinajstić information content (AvgIpc) is 2.39. The molecule has 1 saturated heterocycles. The molecule has 7 heteroatoms. The molecular weight excluding hydrogens is 256 g/mol. The van der Waals surface area contributed by atoms with Crippen LogP contribution in [0.2, 0.25) is 0 Å². The summed E-state index contributed by atoms with van der Waals surface area (Å²) in [5.74, 6) is -1.23. The summed E-state index contributed by atoms with van der Waals surface area (Å²) in [6, 6.07) is 5.68. The first kappa shape index (κ1) is 13.0. The zero-order chi connectivity index (χ0) is 13.2. The molecule has 1 heterocycles. The number of nitrogens with one attached hydrogen (secondary N) is 1. The number of benzene rings is 1. The molecule has 0 spiro atoms. The topological polar surface area (TPSA) is 86.7 Å². The molecule has 1 aromatic rings. The highest BCUT2D eigenvalue weighted by Crippen LogP contribution is 2.20. The van der Waals surface area contributed by atoms with Gasteiger partial charge in [0, 0.05) is 26.2 Å². The molecule has 0 unspecified atom stereocenters. The van der Waals surface area contributed by atoms with Crippen LogP contribution >= 0.6 is 0 Å². The van der Waals surface area contributed by atoms with E-state index in [0.29, 0.717) is 26.2 Å². The number of nitrogens with zero attached hydrogens (tertiary/aromatic N) is 1. The van der Waals surface area contributed by atoms with Crippen LogP contribution in [0.15, 0.2) is 29.2 Å². The van der Waals surface area contributed by atoms with E-state index in [1.54, 1.807) is 0 Å². The van der Waals surface area contributed by atoms with Crippen molar-refractivity contribution in [1.29, 1.82) is 0 Å². The molecule has 0 aromatic heterocycles. The number of sulfonamides is 1. The Hall–Kier alpha value is -1.44. The third-order valence-electron chi connectivity index (χ3n) is 2.81. The van der Waals surface area contributed by atoms with Gasteiger partial charge in [-0.15, -0.1) is 0 Å². The fourth-order valence-electron chi connectivity index (χ4n) is 1.89. The minimum absolute atomic E-state index is 0.139. The maximum absolute atomic E-state index is 12.3. The van der Waals surface area contributed by atoms with E-state index in [9.17, 15) is 13.2 Å². The normalized spacial score (nSPS) is 17.6. The fraction of sp³-hybridized carbons (Fsp3) is 0.364. The molecule has 18 heavy (non-hydrogen) atoms. The second-order valence-corrected chi connectivity index (χ2v) is 5.86. The van der Waals surface area contributed by atoms with Crippen LogP contribution in [0.3, 0.4) is 0 Å². The number of piperazine rings is 1. The van der Waals surface area contributed by atoms with E-state index in [1.165, 1.54) is 28.6 Å². The third kappa shape index (κ3) is 2.38. The van der Waals surface area contributed by atoms with Crippen LogP contribution in [0.4, 0.5) is 0 Å². The van der Waals surface area contributed by atoms with Gasteiger partial charge in [-0.2, -0.15) is 4.31 Å². The van der Waals surface area contributed by atoms with E-state index in [0.717, 1.165) is 0 Å². The van der Waals surface area contributed by atoms with Gasteiger partial charge >= 0.3 is 5.97 Å². The molecule has 98 valence electrons. The van der Waals surface area contributed by atoms with Crippen LogP contribution in [-0.4, -0.2) is 50.0 Å². The molecule has 0 saturated carbocycles. The van der Waals surface area contributed by atoms with Gasteiger partial charge in [0.25, 0.3) is 0 Å². The monoisotopic (exact) mass is 270 g/mol. The lowest BCUT2D eigenvalue weighted by atomic mass is 10.2. The van der Waals surface area contributed by atoms with Gasteiger partial charge in [0.15, 0.2) is 0 Å². The van der Waals surface area contributed by atoms with Crippen molar-refractivity contribution in [2.45, 2.75) is 4.90 Å². The number of hydrogen-bond acceptors (Lipinski definition) is 4. The van der Waals surface area contributed by atoms with E-state index in [2.05, 4.69) is 5.32 Å². The van der Waals surface area contributed by atoms with Crippen LogP contribution in [0.25, 0.3) is 0 Å². The second-order valence-electron chi connectivity index (χ2n) is 3.96. The standard InChI is InChI=1S/C11H14N2O4S/c14-11(15)9-3-1-2-4-10(9)18(16,17)13-7-5-12-6-8-13/h1-4,12H,5-8H2,(H,14,15). The van der Waals surface area contributed by atoms with Crippen molar-refractivity contribution in [2.24, 2.45) is 0 Å². The Balaban J connectivity index is 2.43. The highest BCUT2D eigenvalue weighted by Gasteiger charge is 2.29. The molecule has 6 nitrogen and oxygen atoms in total. The van der Waals surface area contributed by atoms with Crippen molar-refractivity contribution < 1.29 is 18.3 Å². The van der Waals surface area contributed by atoms with Gasteiger partial charge in [0.2, 0.25) is 10.0 Å². The molecule has 1 aromatic carbocycles. The number of carbonyl (C=O) groups is 1. The fourth-order valence-corrected chi connectivity index (χ4v) is 3.52. The number of carboxylic acids is 1. The molecule has 0 atom stereocenters. The summed E-state index contributed by atoms with van der Waals surface area (Å²) in [6.07, 6.45) is 0. The maximum Gasteiger partial charge on any atom is 0.337 e. The summed E-state index contributed by atoms with van der Waals surface area (Å²) < 4.78 is 26.0. The summed E-state index contributed by atoms with van der Waals surface area (Å²) in [4.78, 5) is 10.9. The van der Waals surface area contributed by atoms with Gasteiger partial charge in [-0.3, -0.25) is 0 Å². The number of aromatic carboxylic acids is 1. The number of hydrogen-bond donors (Lipinski definition) is 2. The van der Waals surface area contributed by atoms with Gasteiger partial charge in [-0.05, 0) is 12.1 Å². The van der Waals surface area contributed by atoms with Crippen LogP contribution < -0.4 is 5.32 Å². The Morgan fingerprint density at radius 2 is 1.83 bits per heavy atom. The van der Waals surface area contributed by atoms with Crippen LogP contribution in [0.5, 0.6) is 0 Å². The van der Waals surface area contributed by atoms with Crippen molar-refractivity contribution in [1.82, 2.24) is 9.62 Å². The molecule has 0 amide bonds. The molecule has 0 aliphatic carbocycles. The van der Waals surface area contributed by atoms with E-state index in [4.69, 9.17) is 5.11 Å². The van der Waals surface area contributed by atoms with Gasteiger partial charge in [0.05, 0.1) is 10.5 Å². The number of carboxylic acid groups (broad SMARTS) is 1. The highest BCUT2D eigenvalue weighted by atomic mass is 32.2. The van der Waals surface area contributed by atoms with Crippen molar-refractivity contribution in [3.63, 3.8) is 0 Å². The molecule has 0 radical (unpaired) electrons. The highest BCUT2D eigenvalue weighted by molar-refractivity contribution is 7.89. The second kappa shape index (κ2) is 5.05. The lowest BCUT2D eigenvalue weighted by Gasteiger charge is -2.27. The Bertz CT molecular complexity index is 550. The maximum atomic E-state index is 12.3. The Morgan fingerprint density at radius 3 is 2.44 bits per heavy atom. The smallest absolute Gasteiger partial charge is 0.337 e. The van der Waals surface area contributed by atoms with Crippen LogP contribution in [-0.2, 0) is 10.0 Å². The quantitative estimate of drug-likeness (QED) is 0.806. The zero-order valence-corrected chi connectivity index (χ0v) is 10.5. The lowest BCUT2D eigenvalue weighted by molar-refractivity contribution is 0.0692. The third-order valence-corrected chi connectivity index (χ3v) is 4.77. The van der Waals surface area contributed by atoms with E-state index in [-0.39, 0.29) is 10.5 Å². The van der Waals surface area contributed by atoms with Gasteiger partial charge in [-0.25, -0.2) is 13.2 Å². The summed E-state index contributed by atoms with van der Waals surface area (Å²) in [6.45, 7) is 1.87. The lowest BCUT2D eigenvalue weighted by Crippen LogP contribution is -2.46. The van der Waals surface area contributed by atoms with Gasteiger partial charge in [-0.1, -0.05) is 12.1 Å². The minimum Gasteiger partial charge on any atom is -0.478 e. The zero-order valence-electron chi connectivity index (χ0n) is 9.67. The van der Waals surface area contributed by atoms with Crippen molar-refractivity contribution in [3.05, 3.63) is 29.8 Å². The summed E-state index contributed by atoms with van der Waals surface area (Å²) >= 11 is 0. The molecule has 1 aliphatic heterocycles. The van der Waals surface area contributed by atoms with Crippen molar-refractivity contribution in [2.75, 3.05) is 26.2 Å². The first-order valence-electron chi connectivity index (χ1n) is 5.56. The van der Waals surface area contributed by atoms with Crippen molar-refractivity contribution in [3.8, 4) is 0 Å². The number of rotatable bonds is 3. The summed E-state index contributed by atoms with van der Waals surface area (Å²) in [5, 5.41) is 12.1. The van der Waals surface area contributed by atoms with Crippen molar-refractivity contribution >= 4 is 16.0 Å². The first-order valence-corrected chi connectivity index (χ1v) is 7.00. The largest absolute Gasteiger partial charge is 0.478 e. The Morgan fingerprint density at radius 1 is 1.22 bits per heavy atom. The Labute approximate surface area is 105 Å². The van der Waals surface area contributed by atoms with E-state index >= 15 is 0 Å². The first-order chi connectivity index (χ1) is 8.53. The van der Waals surface area contributed by atoms with Gasteiger partial charge < -0.3 is 10.4 Å². The van der Waals surface area contributed by atoms with Crippen LogP contribution in [0, 0.1) is 0 Å². The van der Waals surface area contributed by atoms with E-state index in [1.807, 2.05) is 0 Å². The predicted molar refractivity (Wildman–Crippen MR) is 65.0 cm³/mol. The SMILES string of the molecule is O=C(O)c1ccccc1S(=O)(=O)N1CCNCC1. The molecule has 1 fully saturated rings. The molecule has 1 aliphatic rings. The molecule has 2 N–H and O–H groups in total. The molecule has 2 rings (SSSR count). The Kier molecular flexibility index (Phi) is 3.65. The summed E-state index contributed by atoms with van der Waals surface area (Å²) in [7, 11) is -3.73. The molecule has 0 bridgehead atoms. The molecular formula is C11H14N2O4S. The average molecular weight is 270 g/mol. The van der Waals surface area contributed by atoms with Gasteiger partial charge in [0.1, 0.15) is 0 Å². The predicted octanol–water partition coefficient (Wildman–Crippen LogP) is -0.0213.